The number of carbonyl (C=O) groups is 1. The van der Waals surface area contributed by atoms with Gasteiger partial charge >= 0.3 is 5.97 Å². The molecule has 5 nitrogen and oxygen atoms in total. The lowest BCUT2D eigenvalue weighted by atomic mass is 9.98. The molecule has 3 unspecified atom stereocenters. The second-order valence-electron chi connectivity index (χ2n) is 5.77. The molecule has 3 rings (SSSR count). The van der Waals surface area contributed by atoms with Crippen molar-refractivity contribution in [2.75, 3.05) is 19.7 Å². The first kappa shape index (κ1) is 14.9. The third kappa shape index (κ3) is 3.44. The van der Waals surface area contributed by atoms with E-state index < -0.39 is 11.9 Å². The zero-order chi connectivity index (χ0) is 14.8. The van der Waals surface area contributed by atoms with Gasteiger partial charge < -0.3 is 9.84 Å². The van der Waals surface area contributed by atoms with Gasteiger partial charge in [0.1, 0.15) is 0 Å². The van der Waals surface area contributed by atoms with Crippen molar-refractivity contribution in [3.05, 3.63) is 28.5 Å². The molecular weight excluding hydrogens is 336 g/mol. The summed E-state index contributed by atoms with van der Waals surface area (Å²) in [7, 11) is 0. The summed E-state index contributed by atoms with van der Waals surface area (Å²) in [6, 6.07) is 4.17. The van der Waals surface area contributed by atoms with Gasteiger partial charge in [0.15, 0.2) is 0 Å². The monoisotopic (exact) mass is 354 g/mol. The SMILES string of the molecule is O=C(O)C(CCCN1CC2CC1CO2)c1ccc(Br)cn1. The quantitative estimate of drug-likeness (QED) is 0.848. The van der Waals surface area contributed by atoms with E-state index in [4.69, 9.17) is 4.74 Å². The molecule has 0 saturated carbocycles. The molecule has 0 amide bonds. The lowest BCUT2D eigenvalue weighted by Crippen LogP contribution is -2.37. The van der Waals surface area contributed by atoms with Crippen molar-refractivity contribution in [2.45, 2.75) is 37.3 Å². The predicted octanol–water partition coefficient (Wildman–Crippen LogP) is 2.27. The summed E-state index contributed by atoms with van der Waals surface area (Å²) in [5, 5.41) is 9.41. The van der Waals surface area contributed by atoms with E-state index in [1.165, 1.54) is 0 Å². The lowest BCUT2D eigenvalue weighted by molar-refractivity contribution is -0.139. The van der Waals surface area contributed by atoms with Crippen molar-refractivity contribution in [3.8, 4) is 0 Å². The molecule has 0 aromatic carbocycles. The molecule has 0 radical (unpaired) electrons. The first-order valence-corrected chi connectivity index (χ1v) is 8.12. The minimum atomic E-state index is -0.795. The molecule has 2 bridgehead atoms. The third-order valence-corrected chi connectivity index (χ3v) is 4.83. The van der Waals surface area contributed by atoms with Crippen LogP contribution in [0.2, 0.25) is 0 Å². The van der Waals surface area contributed by atoms with Gasteiger partial charge in [-0.05, 0) is 53.9 Å². The second kappa shape index (κ2) is 6.42. The normalized spacial score (nSPS) is 26.1. The van der Waals surface area contributed by atoms with Crippen molar-refractivity contribution >= 4 is 21.9 Å². The number of hydrogen-bond acceptors (Lipinski definition) is 4. The minimum Gasteiger partial charge on any atom is -0.481 e. The largest absolute Gasteiger partial charge is 0.481 e. The maximum atomic E-state index is 11.5. The van der Waals surface area contributed by atoms with Crippen LogP contribution in [-0.2, 0) is 9.53 Å². The summed E-state index contributed by atoms with van der Waals surface area (Å²) in [5.41, 5.74) is 0.636. The number of morpholine rings is 1. The number of nitrogens with zero attached hydrogens (tertiary/aromatic N) is 2. The average molecular weight is 355 g/mol. The molecule has 1 aromatic heterocycles. The maximum absolute atomic E-state index is 11.5. The van der Waals surface area contributed by atoms with Gasteiger partial charge in [0.05, 0.1) is 24.3 Å². The molecular formula is C15H19BrN2O3. The Labute approximate surface area is 132 Å². The fourth-order valence-corrected chi connectivity index (χ4v) is 3.48. The Hall–Kier alpha value is -0.980. The minimum absolute atomic E-state index is 0.401. The highest BCUT2D eigenvalue weighted by Crippen LogP contribution is 2.29. The summed E-state index contributed by atoms with van der Waals surface area (Å²) in [6.07, 6.45) is 4.69. The van der Waals surface area contributed by atoms with E-state index in [0.29, 0.717) is 24.3 Å². The fraction of sp³-hybridized carbons (Fsp3) is 0.600. The zero-order valence-electron chi connectivity index (χ0n) is 11.7. The van der Waals surface area contributed by atoms with Crippen molar-refractivity contribution in [2.24, 2.45) is 0 Å². The number of carboxylic acid groups (broad SMARTS) is 1. The fourth-order valence-electron chi connectivity index (χ4n) is 3.24. The topological polar surface area (TPSA) is 62.7 Å². The van der Waals surface area contributed by atoms with E-state index in [9.17, 15) is 9.90 Å². The van der Waals surface area contributed by atoms with Crippen LogP contribution in [0, 0.1) is 0 Å². The molecule has 114 valence electrons. The molecule has 21 heavy (non-hydrogen) atoms. The van der Waals surface area contributed by atoms with Crippen LogP contribution in [0.1, 0.15) is 30.9 Å². The zero-order valence-corrected chi connectivity index (χ0v) is 13.3. The van der Waals surface area contributed by atoms with Gasteiger partial charge in [0, 0.05) is 23.3 Å². The second-order valence-corrected chi connectivity index (χ2v) is 6.69. The van der Waals surface area contributed by atoms with Gasteiger partial charge in [0.2, 0.25) is 0 Å². The van der Waals surface area contributed by atoms with Gasteiger partial charge in [-0.15, -0.1) is 0 Å². The van der Waals surface area contributed by atoms with Crippen LogP contribution in [-0.4, -0.2) is 52.8 Å². The number of fused-ring (bicyclic) bond motifs is 2. The Morgan fingerprint density at radius 1 is 1.57 bits per heavy atom. The number of hydrogen-bond donors (Lipinski definition) is 1. The molecule has 3 atom stereocenters. The van der Waals surface area contributed by atoms with Crippen LogP contribution in [0.5, 0.6) is 0 Å². The Bertz CT molecular complexity index is 508. The predicted molar refractivity (Wildman–Crippen MR) is 81.3 cm³/mol. The summed E-state index contributed by atoms with van der Waals surface area (Å²) in [4.78, 5) is 18.1. The van der Waals surface area contributed by atoms with Crippen molar-refractivity contribution < 1.29 is 14.6 Å². The van der Waals surface area contributed by atoms with Gasteiger partial charge in [-0.1, -0.05) is 0 Å². The number of carboxylic acids is 1. The van der Waals surface area contributed by atoms with Crippen LogP contribution in [0.3, 0.4) is 0 Å². The van der Waals surface area contributed by atoms with Crippen molar-refractivity contribution in [1.82, 2.24) is 9.88 Å². The lowest BCUT2D eigenvalue weighted by Gasteiger charge is -2.26. The van der Waals surface area contributed by atoms with Gasteiger partial charge in [0.25, 0.3) is 0 Å². The first-order chi connectivity index (χ1) is 10.1. The van der Waals surface area contributed by atoms with Crippen LogP contribution in [0.15, 0.2) is 22.8 Å². The molecule has 6 heteroatoms. The van der Waals surface area contributed by atoms with E-state index in [2.05, 4.69) is 25.8 Å². The Morgan fingerprint density at radius 3 is 3.00 bits per heavy atom. The number of ether oxygens (including phenoxy) is 1. The van der Waals surface area contributed by atoms with E-state index >= 15 is 0 Å². The van der Waals surface area contributed by atoms with Crippen LogP contribution in [0.4, 0.5) is 0 Å². The van der Waals surface area contributed by atoms with E-state index in [1.54, 1.807) is 12.3 Å². The molecule has 2 saturated heterocycles. The number of aliphatic carboxylic acids is 1. The Balaban J connectivity index is 1.53. The molecule has 2 aliphatic rings. The summed E-state index contributed by atoms with van der Waals surface area (Å²) < 4.78 is 6.44. The van der Waals surface area contributed by atoms with Gasteiger partial charge in [-0.25, -0.2) is 0 Å². The number of halogens is 1. The summed E-state index contributed by atoms with van der Waals surface area (Å²) in [5.74, 6) is -1.31. The molecule has 3 heterocycles. The molecule has 1 N–H and O–H groups in total. The number of rotatable bonds is 6. The van der Waals surface area contributed by atoms with Crippen molar-refractivity contribution in [1.29, 1.82) is 0 Å². The maximum Gasteiger partial charge on any atom is 0.312 e. The molecule has 1 aromatic rings. The highest BCUT2D eigenvalue weighted by molar-refractivity contribution is 9.10. The number of pyridine rings is 1. The van der Waals surface area contributed by atoms with Gasteiger partial charge in [-0.3, -0.25) is 14.7 Å². The summed E-state index contributed by atoms with van der Waals surface area (Å²) in [6.45, 7) is 2.78. The Morgan fingerprint density at radius 2 is 2.43 bits per heavy atom. The van der Waals surface area contributed by atoms with Crippen molar-refractivity contribution in [3.63, 3.8) is 0 Å². The first-order valence-electron chi connectivity index (χ1n) is 7.33. The van der Waals surface area contributed by atoms with E-state index in [1.807, 2.05) is 6.07 Å². The van der Waals surface area contributed by atoms with E-state index in [-0.39, 0.29) is 0 Å². The Kier molecular flexibility index (Phi) is 4.57. The summed E-state index contributed by atoms with van der Waals surface area (Å²) >= 11 is 3.32. The highest BCUT2D eigenvalue weighted by Gasteiger charge is 2.38. The highest BCUT2D eigenvalue weighted by atomic mass is 79.9. The number of likely N-dealkylation sites (tertiary alicyclic amines) is 1. The van der Waals surface area contributed by atoms with Crippen LogP contribution in [0.25, 0.3) is 0 Å². The van der Waals surface area contributed by atoms with Crippen LogP contribution < -0.4 is 0 Å². The van der Waals surface area contributed by atoms with Crippen LogP contribution >= 0.6 is 15.9 Å². The molecule has 0 spiro atoms. The molecule has 2 fully saturated rings. The molecule has 2 aliphatic heterocycles. The smallest absolute Gasteiger partial charge is 0.312 e. The molecule has 0 aliphatic carbocycles. The average Bonchev–Trinajstić information content (AvgIpc) is 3.07. The number of aromatic nitrogens is 1. The standard InChI is InChI=1S/C15H19BrN2O3/c16-10-3-4-14(17-7-10)13(15(19)20)2-1-5-18-8-12-6-11(18)9-21-12/h3-4,7,11-13H,1-2,5-6,8-9H2,(H,19,20). The van der Waals surface area contributed by atoms with Gasteiger partial charge in [-0.2, -0.15) is 0 Å². The third-order valence-electron chi connectivity index (χ3n) is 4.36. The van der Waals surface area contributed by atoms with E-state index in [0.717, 1.165) is 37.0 Å².